The Kier molecular flexibility index (Phi) is 6.77. The number of hydrogen-bond donors (Lipinski definition) is 2. The molecular weight excluding hydrogens is 240 g/mol. The van der Waals surface area contributed by atoms with E-state index in [2.05, 4.69) is 10.1 Å². The Morgan fingerprint density at radius 1 is 1.28 bits per heavy atom. The Bertz CT molecular complexity index is 317. The first-order valence-electron chi connectivity index (χ1n) is 5.63. The number of carbonyl (C=O) groups excluding carboxylic acids is 2. The lowest BCUT2D eigenvalue weighted by Crippen LogP contribution is -2.48. The molecular formula is C11H20N2O5. The van der Waals surface area contributed by atoms with Crippen LogP contribution in [0, 0.1) is 5.92 Å². The minimum absolute atomic E-state index is 0.0125. The van der Waals surface area contributed by atoms with E-state index in [-0.39, 0.29) is 19.1 Å². The first-order chi connectivity index (χ1) is 8.29. The molecule has 0 aliphatic heterocycles. The molecule has 0 rings (SSSR count). The lowest BCUT2D eigenvalue weighted by Gasteiger charge is -2.26. The Morgan fingerprint density at radius 2 is 1.83 bits per heavy atom. The van der Waals surface area contributed by atoms with Crippen molar-refractivity contribution in [3.63, 3.8) is 0 Å². The van der Waals surface area contributed by atoms with Crippen molar-refractivity contribution in [1.82, 2.24) is 10.2 Å². The average Bonchev–Trinajstić information content (AvgIpc) is 2.31. The standard InChI is InChI=1S/C11H20N2O5/c1-7(2)13(6-9(14)18-4)11(17)12-5-8(3)10(15)16/h7-8H,5-6H2,1-4H3,(H,12,17)(H,15,16). The van der Waals surface area contributed by atoms with Gasteiger partial charge in [0.2, 0.25) is 0 Å². The van der Waals surface area contributed by atoms with E-state index in [9.17, 15) is 14.4 Å². The van der Waals surface area contributed by atoms with E-state index >= 15 is 0 Å². The molecule has 0 aliphatic carbocycles. The Morgan fingerprint density at radius 3 is 2.22 bits per heavy atom. The molecule has 0 spiro atoms. The number of rotatable bonds is 6. The lowest BCUT2D eigenvalue weighted by atomic mass is 10.2. The summed E-state index contributed by atoms with van der Waals surface area (Å²) in [6.07, 6.45) is 0. The number of hydrogen-bond acceptors (Lipinski definition) is 4. The predicted octanol–water partition coefficient (Wildman–Crippen LogP) is 0.300. The number of carboxylic acids is 1. The molecule has 0 aliphatic rings. The molecule has 104 valence electrons. The van der Waals surface area contributed by atoms with Crippen LogP contribution in [0.25, 0.3) is 0 Å². The van der Waals surface area contributed by atoms with Crippen molar-refractivity contribution < 1.29 is 24.2 Å². The number of aliphatic carboxylic acids is 1. The quantitative estimate of drug-likeness (QED) is 0.670. The minimum Gasteiger partial charge on any atom is -0.481 e. The predicted molar refractivity (Wildman–Crippen MR) is 64.1 cm³/mol. The molecule has 0 heterocycles. The number of carboxylic acid groups (broad SMARTS) is 1. The summed E-state index contributed by atoms with van der Waals surface area (Å²) in [5.41, 5.74) is 0. The average molecular weight is 260 g/mol. The lowest BCUT2D eigenvalue weighted by molar-refractivity contribution is -0.142. The van der Waals surface area contributed by atoms with Crippen molar-refractivity contribution in [3.8, 4) is 0 Å². The zero-order valence-corrected chi connectivity index (χ0v) is 11.1. The molecule has 7 heteroatoms. The fourth-order valence-corrected chi connectivity index (χ4v) is 1.12. The maximum atomic E-state index is 11.8. The number of ether oxygens (including phenoxy) is 1. The van der Waals surface area contributed by atoms with Gasteiger partial charge in [-0.1, -0.05) is 6.92 Å². The first-order valence-corrected chi connectivity index (χ1v) is 5.63. The van der Waals surface area contributed by atoms with Gasteiger partial charge in [-0.25, -0.2) is 4.79 Å². The van der Waals surface area contributed by atoms with Crippen molar-refractivity contribution in [2.45, 2.75) is 26.8 Å². The molecule has 2 amide bonds. The van der Waals surface area contributed by atoms with Crippen LogP contribution in [0.3, 0.4) is 0 Å². The van der Waals surface area contributed by atoms with Gasteiger partial charge in [0.25, 0.3) is 0 Å². The van der Waals surface area contributed by atoms with E-state index in [4.69, 9.17) is 5.11 Å². The molecule has 18 heavy (non-hydrogen) atoms. The second-order valence-corrected chi connectivity index (χ2v) is 4.22. The van der Waals surface area contributed by atoms with Crippen LogP contribution >= 0.6 is 0 Å². The summed E-state index contributed by atoms with van der Waals surface area (Å²) in [5.74, 6) is -2.19. The number of urea groups is 1. The molecule has 1 unspecified atom stereocenters. The highest BCUT2D eigenvalue weighted by molar-refractivity contribution is 5.81. The third-order valence-corrected chi connectivity index (χ3v) is 2.39. The topological polar surface area (TPSA) is 95.9 Å². The molecule has 7 nitrogen and oxygen atoms in total. The van der Waals surface area contributed by atoms with E-state index < -0.39 is 23.9 Å². The summed E-state index contributed by atoms with van der Waals surface area (Å²) in [6.45, 7) is 4.84. The third-order valence-electron chi connectivity index (χ3n) is 2.39. The third kappa shape index (κ3) is 5.51. The summed E-state index contributed by atoms with van der Waals surface area (Å²) in [4.78, 5) is 34.8. The van der Waals surface area contributed by atoms with Gasteiger partial charge >= 0.3 is 18.0 Å². The molecule has 0 saturated heterocycles. The van der Waals surface area contributed by atoms with E-state index in [1.54, 1.807) is 13.8 Å². The second kappa shape index (κ2) is 7.52. The number of methoxy groups -OCH3 is 1. The fraction of sp³-hybridized carbons (Fsp3) is 0.727. The number of esters is 1. The Labute approximate surface area is 106 Å². The summed E-state index contributed by atoms with van der Waals surface area (Å²) >= 11 is 0. The molecule has 0 saturated carbocycles. The van der Waals surface area contributed by atoms with E-state index in [1.165, 1.54) is 18.9 Å². The highest BCUT2D eigenvalue weighted by atomic mass is 16.5. The van der Waals surface area contributed by atoms with Crippen LogP contribution in [0.4, 0.5) is 4.79 Å². The number of nitrogens with zero attached hydrogens (tertiary/aromatic N) is 1. The van der Waals surface area contributed by atoms with E-state index in [1.807, 2.05) is 0 Å². The number of carbonyl (C=O) groups is 3. The van der Waals surface area contributed by atoms with Gasteiger partial charge in [0.05, 0.1) is 13.0 Å². The van der Waals surface area contributed by atoms with Gasteiger partial charge in [0, 0.05) is 12.6 Å². The number of amides is 2. The van der Waals surface area contributed by atoms with Crippen LogP contribution in [-0.2, 0) is 14.3 Å². The van der Waals surface area contributed by atoms with Crippen LogP contribution in [0.5, 0.6) is 0 Å². The Hall–Kier alpha value is -1.79. The van der Waals surface area contributed by atoms with Gasteiger partial charge in [0.15, 0.2) is 0 Å². The van der Waals surface area contributed by atoms with E-state index in [0.717, 1.165) is 0 Å². The van der Waals surface area contributed by atoms with Gasteiger partial charge in [-0.3, -0.25) is 9.59 Å². The van der Waals surface area contributed by atoms with Gasteiger partial charge in [0.1, 0.15) is 6.54 Å². The van der Waals surface area contributed by atoms with Crippen LogP contribution < -0.4 is 5.32 Å². The normalized spacial score (nSPS) is 11.8. The van der Waals surface area contributed by atoms with Crippen LogP contribution in [0.1, 0.15) is 20.8 Å². The molecule has 0 aromatic rings. The van der Waals surface area contributed by atoms with Crippen LogP contribution in [0.2, 0.25) is 0 Å². The van der Waals surface area contributed by atoms with Gasteiger partial charge in [-0.15, -0.1) is 0 Å². The number of nitrogens with one attached hydrogen (secondary N) is 1. The van der Waals surface area contributed by atoms with Gasteiger partial charge in [-0.05, 0) is 13.8 Å². The van der Waals surface area contributed by atoms with Crippen molar-refractivity contribution in [2.75, 3.05) is 20.2 Å². The summed E-state index contributed by atoms with van der Waals surface area (Å²) in [5, 5.41) is 11.2. The molecule has 0 radical (unpaired) electrons. The zero-order valence-electron chi connectivity index (χ0n) is 11.1. The highest BCUT2D eigenvalue weighted by Gasteiger charge is 2.21. The molecule has 0 aromatic carbocycles. The smallest absolute Gasteiger partial charge is 0.325 e. The van der Waals surface area contributed by atoms with Gasteiger partial charge in [-0.2, -0.15) is 0 Å². The van der Waals surface area contributed by atoms with Crippen LogP contribution in [-0.4, -0.2) is 54.2 Å². The Balaban J connectivity index is 4.40. The maximum absolute atomic E-state index is 11.8. The van der Waals surface area contributed by atoms with Gasteiger partial charge < -0.3 is 20.1 Å². The van der Waals surface area contributed by atoms with Crippen molar-refractivity contribution in [3.05, 3.63) is 0 Å². The first kappa shape index (κ1) is 16.2. The summed E-state index contributed by atoms with van der Waals surface area (Å²) in [7, 11) is 1.24. The molecule has 0 fully saturated rings. The SMILES string of the molecule is COC(=O)CN(C(=O)NCC(C)C(=O)O)C(C)C. The van der Waals surface area contributed by atoms with Crippen molar-refractivity contribution >= 4 is 18.0 Å². The fourth-order valence-electron chi connectivity index (χ4n) is 1.12. The van der Waals surface area contributed by atoms with Crippen molar-refractivity contribution in [1.29, 1.82) is 0 Å². The van der Waals surface area contributed by atoms with Crippen molar-refractivity contribution in [2.24, 2.45) is 5.92 Å². The minimum atomic E-state index is -0.987. The zero-order chi connectivity index (χ0) is 14.3. The molecule has 0 bridgehead atoms. The highest BCUT2D eigenvalue weighted by Crippen LogP contribution is 2.00. The van der Waals surface area contributed by atoms with E-state index in [0.29, 0.717) is 0 Å². The summed E-state index contributed by atoms with van der Waals surface area (Å²) < 4.78 is 4.49. The monoisotopic (exact) mass is 260 g/mol. The largest absolute Gasteiger partial charge is 0.481 e. The molecule has 2 N–H and O–H groups in total. The molecule has 1 atom stereocenters. The van der Waals surface area contributed by atoms with Crippen LogP contribution in [0.15, 0.2) is 0 Å². The second-order valence-electron chi connectivity index (χ2n) is 4.22. The maximum Gasteiger partial charge on any atom is 0.325 e. The molecule has 0 aromatic heterocycles. The summed E-state index contributed by atoms with van der Waals surface area (Å²) in [6, 6.07) is -0.673.